The summed E-state index contributed by atoms with van der Waals surface area (Å²) < 4.78 is 5.91. The lowest BCUT2D eigenvalue weighted by Crippen LogP contribution is -1.95. The van der Waals surface area contributed by atoms with Gasteiger partial charge in [-0.1, -0.05) is 0 Å². The number of hydrogen-bond donors (Lipinski definition) is 1. The van der Waals surface area contributed by atoms with Gasteiger partial charge in [-0.2, -0.15) is 4.37 Å². The van der Waals surface area contributed by atoms with Crippen molar-refractivity contribution in [2.45, 2.75) is 13.5 Å². The molecule has 0 saturated heterocycles. The highest BCUT2D eigenvalue weighted by atomic mass is 32.1. The van der Waals surface area contributed by atoms with Crippen molar-refractivity contribution in [3.8, 4) is 11.5 Å². The van der Waals surface area contributed by atoms with Crippen LogP contribution in [0.4, 0.5) is 0 Å². The Morgan fingerprint density at radius 3 is 3.00 bits per heavy atom. The molecule has 1 N–H and O–H groups in total. The molecule has 0 unspecified atom stereocenters. The smallest absolute Gasteiger partial charge is 0.356 e. The van der Waals surface area contributed by atoms with E-state index < -0.39 is 5.97 Å². The molecule has 0 saturated carbocycles. The Hall–Kier alpha value is -1.69. The second kappa shape index (κ2) is 3.82. The maximum Gasteiger partial charge on any atom is 0.356 e. The molecular weight excluding hydrogens is 214 g/mol. The number of aromatic carboxylic acids is 1. The highest BCUT2D eigenvalue weighted by molar-refractivity contribution is 7.03. The van der Waals surface area contributed by atoms with E-state index in [1.54, 1.807) is 4.57 Å². The molecule has 6 heteroatoms. The monoisotopic (exact) mass is 223 g/mol. The van der Waals surface area contributed by atoms with E-state index in [4.69, 9.17) is 5.11 Å². The second-order valence-electron chi connectivity index (χ2n) is 2.93. The molecule has 0 atom stereocenters. The average Bonchev–Trinajstić information content (AvgIpc) is 2.86. The van der Waals surface area contributed by atoms with Crippen LogP contribution in [0.3, 0.4) is 0 Å². The maximum absolute atomic E-state index is 10.8. The first kappa shape index (κ1) is 9.85. The Labute approximate surface area is 90.2 Å². The second-order valence-corrected chi connectivity index (χ2v) is 3.59. The fourth-order valence-corrected chi connectivity index (χ4v) is 1.80. The molecule has 0 aromatic carbocycles. The van der Waals surface area contributed by atoms with E-state index in [1.807, 2.05) is 18.4 Å². The van der Waals surface area contributed by atoms with Crippen LogP contribution in [0, 0.1) is 0 Å². The SMILES string of the molecule is CCn1cc(C(=O)O)nc1-c1ccsn1. The molecule has 0 spiro atoms. The van der Waals surface area contributed by atoms with Gasteiger partial charge < -0.3 is 9.67 Å². The number of nitrogens with zero attached hydrogens (tertiary/aromatic N) is 3. The number of hydrogen-bond acceptors (Lipinski definition) is 4. The Bertz CT molecular complexity index is 476. The Morgan fingerprint density at radius 1 is 1.67 bits per heavy atom. The van der Waals surface area contributed by atoms with Gasteiger partial charge in [0.1, 0.15) is 5.69 Å². The zero-order chi connectivity index (χ0) is 10.8. The molecule has 2 heterocycles. The molecule has 2 aromatic heterocycles. The maximum atomic E-state index is 10.8. The first-order valence-electron chi connectivity index (χ1n) is 4.43. The number of aromatic nitrogens is 3. The quantitative estimate of drug-likeness (QED) is 0.860. The minimum Gasteiger partial charge on any atom is -0.476 e. The van der Waals surface area contributed by atoms with Gasteiger partial charge in [0.15, 0.2) is 11.5 Å². The third-order valence-corrected chi connectivity index (χ3v) is 2.56. The normalized spacial score (nSPS) is 10.5. The topological polar surface area (TPSA) is 68.0 Å². The largest absolute Gasteiger partial charge is 0.476 e. The van der Waals surface area contributed by atoms with Crippen LogP contribution in [0.15, 0.2) is 17.6 Å². The van der Waals surface area contributed by atoms with Crippen molar-refractivity contribution in [2.24, 2.45) is 0 Å². The molecule has 0 bridgehead atoms. The molecular formula is C9H9N3O2S. The van der Waals surface area contributed by atoms with Crippen LogP contribution in [0.5, 0.6) is 0 Å². The highest BCUT2D eigenvalue weighted by Crippen LogP contribution is 2.18. The zero-order valence-corrected chi connectivity index (χ0v) is 8.86. The van der Waals surface area contributed by atoms with Gasteiger partial charge in [-0.15, -0.1) is 0 Å². The third kappa shape index (κ3) is 1.75. The van der Waals surface area contributed by atoms with E-state index in [2.05, 4.69) is 9.36 Å². The van der Waals surface area contributed by atoms with Gasteiger partial charge in [0.25, 0.3) is 0 Å². The summed E-state index contributed by atoms with van der Waals surface area (Å²) in [7, 11) is 0. The Morgan fingerprint density at radius 2 is 2.47 bits per heavy atom. The molecule has 0 fully saturated rings. The van der Waals surface area contributed by atoms with Crippen LogP contribution >= 0.6 is 11.5 Å². The van der Waals surface area contributed by atoms with Crippen molar-refractivity contribution in [3.63, 3.8) is 0 Å². The predicted molar refractivity (Wildman–Crippen MR) is 56.0 cm³/mol. The standard InChI is InChI=1S/C9H9N3O2S/c1-2-12-5-7(9(13)14)10-8(12)6-3-4-15-11-6/h3-5H,2H2,1H3,(H,13,14). The molecule has 15 heavy (non-hydrogen) atoms. The molecule has 0 amide bonds. The van der Waals surface area contributed by atoms with E-state index in [9.17, 15) is 4.79 Å². The minimum atomic E-state index is -1.02. The van der Waals surface area contributed by atoms with E-state index in [1.165, 1.54) is 17.7 Å². The molecule has 2 rings (SSSR count). The van der Waals surface area contributed by atoms with Gasteiger partial charge in [0, 0.05) is 18.1 Å². The minimum absolute atomic E-state index is 0.0554. The van der Waals surface area contributed by atoms with Gasteiger partial charge in [-0.05, 0) is 24.5 Å². The van der Waals surface area contributed by atoms with Gasteiger partial charge in [0.2, 0.25) is 0 Å². The summed E-state index contributed by atoms with van der Waals surface area (Å²) in [6.07, 6.45) is 1.52. The van der Waals surface area contributed by atoms with Gasteiger partial charge in [-0.3, -0.25) is 0 Å². The lowest BCUT2D eigenvalue weighted by atomic mass is 10.4. The highest BCUT2D eigenvalue weighted by Gasteiger charge is 2.14. The van der Waals surface area contributed by atoms with Crippen LogP contribution in [0.25, 0.3) is 11.5 Å². The van der Waals surface area contributed by atoms with Crippen molar-refractivity contribution in [2.75, 3.05) is 0 Å². The first-order valence-corrected chi connectivity index (χ1v) is 5.27. The van der Waals surface area contributed by atoms with E-state index in [-0.39, 0.29) is 5.69 Å². The summed E-state index contributed by atoms with van der Waals surface area (Å²) in [6.45, 7) is 2.61. The predicted octanol–water partition coefficient (Wildman–Crippen LogP) is 1.72. The number of carboxylic acids is 1. The Balaban J connectivity index is 2.51. The summed E-state index contributed by atoms with van der Waals surface area (Å²) in [5.74, 6) is -0.408. The van der Waals surface area contributed by atoms with Crippen LogP contribution < -0.4 is 0 Å². The van der Waals surface area contributed by atoms with E-state index >= 15 is 0 Å². The molecule has 78 valence electrons. The van der Waals surface area contributed by atoms with Gasteiger partial charge in [0.05, 0.1) is 0 Å². The number of imidazole rings is 1. The molecule has 2 aromatic rings. The fraction of sp³-hybridized carbons (Fsp3) is 0.222. The van der Waals surface area contributed by atoms with E-state index in [0.29, 0.717) is 18.1 Å². The van der Waals surface area contributed by atoms with Crippen molar-refractivity contribution in [1.29, 1.82) is 0 Å². The third-order valence-electron chi connectivity index (χ3n) is 2.00. The molecule has 0 aliphatic heterocycles. The molecule has 0 aliphatic rings. The summed E-state index contributed by atoms with van der Waals surface area (Å²) >= 11 is 1.32. The summed E-state index contributed by atoms with van der Waals surface area (Å²) in [5.41, 5.74) is 0.772. The summed E-state index contributed by atoms with van der Waals surface area (Å²) in [6, 6.07) is 1.82. The number of rotatable bonds is 3. The summed E-state index contributed by atoms with van der Waals surface area (Å²) in [5, 5.41) is 10.7. The van der Waals surface area contributed by atoms with Crippen LogP contribution in [-0.2, 0) is 6.54 Å². The average molecular weight is 223 g/mol. The lowest BCUT2D eigenvalue weighted by Gasteiger charge is -1.99. The zero-order valence-electron chi connectivity index (χ0n) is 8.04. The number of carboxylic acid groups (broad SMARTS) is 1. The molecule has 5 nitrogen and oxygen atoms in total. The molecule has 0 radical (unpaired) electrons. The van der Waals surface area contributed by atoms with Crippen molar-refractivity contribution in [1.82, 2.24) is 13.9 Å². The van der Waals surface area contributed by atoms with E-state index in [0.717, 1.165) is 0 Å². The van der Waals surface area contributed by atoms with Crippen molar-refractivity contribution >= 4 is 17.5 Å². The van der Waals surface area contributed by atoms with Gasteiger partial charge >= 0.3 is 5.97 Å². The van der Waals surface area contributed by atoms with Crippen LogP contribution in [-0.4, -0.2) is 25.0 Å². The molecule has 0 aliphatic carbocycles. The van der Waals surface area contributed by atoms with Crippen LogP contribution in [0.2, 0.25) is 0 Å². The van der Waals surface area contributed by atoms with Crippen LogP contribution in [0.1, 0.15) is 17.4 Å². The Kier molecular flexibility index (Phi) is 2.51. The number of carbonyl (C=O) groups is 1. The van der Waals surface area contributed by atoms with Crippen molar-refractivity contribution < 1.29 is 9.90 Å². The fourth-order valence-electron chi connectivity index (χ4n) is 1.29. The van der Waals surface area contributed by atoms with Crippen molar-refractivity contribution in [3.05, 3.63) is 23.3 Å². The van der Waals surface area contributed by atoms with Gasteiger partial charge in [-0.25, -0.2) is 9.78 Å². The lowest BCUT2D eigenvalue weighted by molar-refractivity contribution is 0.0691. The first-order chi connectivity index (χ1) is 7.22. The number of aryl methyl sites for hydroxylation is 1. The summed E-state index contributed by atoms with van der Waals surface area (Å²) in [4.78, 5) is 14.8.